The second-order valence-electron chi connectivity index (χ2n) is 4.23. The first kappa shape index (κ1) is 11.0. The molecule has 0 radical (unpaired) electrons. The first-order valence-electron chi connectivity index (χ1n) is 5.18. The Morgan fingerprint density at radius 3 is 2.62 bits per heavy atom. The van der Waals surface area contributed by atoms with Crippen LogP contribution >= 0.6 is 0 Å². The van der Waals surface area contributed by atoms with Gasteiger partial charge in [0.1, 0.15) is 0 Å². The van der Waals surface area contributed by atoms with Gasteiger partial charge in [-0.05, 0) is 39.8 Å². The highest BCUT2D eigenvalue weighted by molar-refractivity contribution is 4.84. The minimum atomic E-state index is -0.240. The van der Waals surface area contributed by atoms with E-state index in [1.165, 1.54) is 12.8 Å². The molecule has 2 atom stereocenters. The van der Waals surface area contributed by atoms with Crippen molar-refractivity contribution in [3.05, 3.63) is 0 Å². The van der Waals surface area contributed by atoms with Crippen molar-refractivity contribution in [3.8, 4) is 0 Å². The van der Waals surface area contributed by atoms with Crippen LogP contribution in [0.4, 0.5) is 0 Å². The number of likely N-dealkylation sites (N-methyl/N-ethyl adjacent to an activating group) is 2. The Morgan fingerprint density at radius 2 is 2.15 bits per heavy atom. The summed E-state index contributed by atoms with van der Waals surface area (Å²) < 4.78 is 0. The maximum atomic E-state index is 9.57. The molecule has 0 aromatic heterocycles. The summed E-state index contributed by atoms with van der Waals surface area (Å²) >= 11 is 0. The van der Waals surface area contributed by atoms with Crippen molar-refractivity contribution in [1.29, 1.82) is 0 Å². The van der Waals surface area contributed by atoms with E-state index < -0.39 is 0 Å². The topological polar surface area (TPSA) is 35.5 Å². The second kappa shape index (κ2) is 4.94. The molecule has 0 spiro atoms. The van der Waals surface area contributed by atoms with Gasteiger partial charge in [-0.3, -0.25) is 0 Å². The van der Waals surface area contributed by atoms with E-state index in [1.54, 1.807) is 0 Å². The smallest absolute Gasteiger partial charge is 0.0791 e. The Balaban J connectivity index is 2.18. The highest BCUT2D eigenvalue weighted by atomic mass is 16.3. The van der Waals surface area contributed by atoms with Crippen LogP contribution in [-0.2, 0) is 0 Å². The lowest BCUT2D eigenvalue weighted by atomic mass is 10.2. The molecule has 0 bridgehead atoms. The lowest BCUT2D eigenvalue weighted by molar-refractivity contribution is 0.103. The minimum Gasteiger partial charge on any atom is -0.390 e. The van der Waals surface area contributed by atoms with Gasteiger partial charge in [-0.15, -0.1) is 0 Å². The van der Waals surface area contributed by atoms with E-state index in [1.807, 2.05) is 7.05 Å². The van der Waals surface area contributed by atoms with Crippen molar-refractivity contribution < 1.29 is 5.11 Å². The van der Waals surface area contributed by atoms with Gasteiger partial charge in [-0.1, -0.05) is 0 Å². The zero-order chi connectivity index (χ0) is 9.84. The maximum Gasteiger partial charge on any atom is 0.0791 e. The molecule has 0 aromatic carbocycles. The summed E-state index contributed by atoms with van der Waals surface area (Å²) in [4.78, 5) is 2.26. The van der Waals surface area contributed by atoms with Gasteiger partial charge in [0.2, 0.25) is 0 Å². The molecule has 78 valence electrons. The highest BCUT2D eigenvalue weighted by Crippen LogP contribution is 2.34. The summed E-state index contributed by atoms with van der Waals surface area (Å²) in [5, 5.41) is 12.5. The second-order valence-corrected chi connectivity index (χ2v) is 4.23. The number of aliphatic hydroxyl groups is 1. The van der Waals surface area contributed by atoms with E-state index in [0.717, 1.165) is 12.5 Å². The predicted molar refractivity (Wildman–Crippen MR) is 54.7 cm³/mol. The molecule has 13 heavy (non-hydrogen) atoms. The summed E-state index contributed by atoms with van der Waals surface area (Å²) in [6.45, 7) is 3.71. The summed E-state index contributed by atoms with van der Waals surface area (Å²) in [6.07, 6.45) is 2.50. The van der Waals surface area contributed by atoms with Gasteiger partial charge in [0.25, 0.3) is 0 Å². The van der Waals surface area contributed by atoms with Crippen molar-refractivity contribution in [2.45, 2.75) is 31.9 Å². The summed E-state index contributed by atoms with van der Waals surface area (Å²) in [6, 6.07) is 0.631. The van der Waals surface area contributed by atoms with E-state index in [-0.39, 0.29) is 6.10 Å². The monoisotopic (exact) mass is 186 g/mol. The van der Waals surface area contributed by atoms with Crippen LogP contribution in [0.25, 0.3) is 0 Å². The molecule has 0 heterocycles. The number of rotatable bonds is 6. The van der Waals surface area contributed by atoms with E-state index >= 15 is 0 Å². The van der Waals surface area contributed by atoms with E-state index in [0.29, 0.717) is 12.6 Å². The molecule has 3 nitrogen and oxygen atoms in total. The molecule has 1 aliphatic carbocycles. The van der Waals surface area contributed by atoms with Crippen molar-refractivity contribution in [3.63, 3.8) is 0 Å². The molecule has 1 saturated carbocycles. The summed E-state index contributed by atoms with van der Waals surface area (Å²) in [5.74, 6) is 0.881. The number of aliphatic hydroxyl groups excluding tert-OH is 1. The fourth-order valence-electron chi connectivity index (χ4n) is 1.74. The molecular weight excluding hydrogens is 164 g/mol. The minimum absolute atomic E-state index is 0.240. The first-order valence-corrected chi connectivity index (χ1v) is 5.18. The Morgan fingerprint density at radius 1 is 1.54 bits per heavy atom. The average Bonchev–Trinajstić information content (AvgIpc) is 2.85. The third-order valence-electron chi connectivity index (χ3n) is 2.94. The fourth-order valence-corrected chi connectivity index (χ4v) is 1.74. The third kappa shape index (κ3) is 3.63. The molecule has 2 N–H and O–H groups in total. The SMILES string of the molecule is CNCC(O)CN(C)C(C)C1CC1. The highest BCUT2D eigenvalue weighted by Gasteiger charge is 2.30. The van der Waals surface area contributed by atoms with Crippen LogP contribution in [0.2, 0.25) is 0 Å². The molecule has 1 rings (SSSR count). The van der Waals surface area contributed by atoms with Crippen LogP contribution in [0, 0.1) is 5.92 Å². The van der Waals surface area contributed by atoms with Crippen molar-refractivity contribution in [1.82, 2.24) is 10.2 Å². The normalized spacial score (nSPS) is 21.9. The Kier molecular flexibility index (Phi) is 4.16. The van der Waals surface area contributed by atoms with Crippen LogP contribution in [0.15, 0.2) is 0 Å². The largest absolute Gasteiger partial charge is 0.390 e. The van der Waals surface area contributed by atoms with Crippen LogP contribution < -0.4 is 5.32 Å². The molecule has 1 aliphatic rings. The zero-order valence-corrected chi connectivity index (χ0v) is 8.95. The lowest BCUT2D eigenvalue weighted by Gasteiger charge is -2.26. The Bertz CT molecular complexity index is 148. The van der Waals surface area contributed by atoms with Gasteiger partial charge in [0.05, 0.1) is 6.10 Å². The molecule has 1 fully saturated rings. The van der Waals surface area contributed by atoms with Gasteiger partial charge in [0, 0.05) is 19.1 Å². The average molecular weight is 186 g/mol. The van der Waals surface area contributed by atoms with Gasteiger partial charge >= 0.3 is 0 Å². The zero-order valence-electron chi connectivity index (χ0n) is 8.95. The molecule has 0 aliphatic heterocycles. The van der Waals surface area contributed by atoms with Crippen molar-refractivity contribution in [2.75, 3.05) is 27.2 Å². The van der Waals surface area contributed by atoms with Gasteiger partial charge < -0.3 is 15.3 Å². The maximum absolute atomic E-state index is 9.57. The van der Waals surface area contributed by atoms with E-state index in [4.69, 9.17) is 0 Å². The lowest BCUT2D eigenvalue weighted by Crippen LogP contribution is -2.40. The first-order chi connectivity index (χ1) is 6.15. The molecule has 0 aromatic rings. The number of hydrogen-bond acceptors (Lipinski definition) is 3. The van der Waals surface area contributed by atoms with E-state index in [9.17, 15) is 5.11 Å². The standard InChI is InChI=1S/C10H22N2O/c1-8(9-4-5-9)12(3)7-10(13)6-11-2/h8-11,13H,4-7H2,1-3H3. The Labute approximate surface area is 81.1 Å². The van der Waals surface area contributed by atoms with Gasteiger partial charge in [-0.2, -0.15) is 0 Å². The van der Waals surface area contributed by atoms with Gasteiger partial charge in [0.15, 0.2) is 0 Å². The molecule has 0 amide bonds. The van der Waals surface area contributed by atoms with Crippen LogP contribution in [-0.4, -0.2) is 49.3 Å². The van der Waals surface area contributed by atoms with E-state index in [2.05, 4.69) is 24.2 Å². The number of hydrogen-bond donors (Lipinski definition) is 2. The summed E-state index contributed by atoms with van der Waals surface area (Å²) in [7, 11) is 3.97. The van der Waals surface area contributed by atoms with Crippen LogP contribution in [0.5, 0.6) is 0 Å². The Hall–Kier alpha value is -0.120. The third-order valence-corrected chi connectivity index (χ3v) is 2.94. The number of nitrogens with zero attached hydrogens (tertiary/aromatic N) is 1. The van der Waals surface area contributed by atoms with Crippen LogP contribution in [0.1, 0.15) is 19.8 Å². The molecular formula is C10H22N2O. The molecule has 0 saturated heterocycles. The molecule has 3 heteroatoms. The quantitative estimate of drug-likeness (QED) is 0.626. The fraction of sp³-hybridized carbons (Fsp3) is 1.00. The predicted octanol–water partition coefficient (Wildman–Crippen LogP) is 0.297. The molecule has 2 unspecified atom stereocenters. The summed E-state index contributed by atoms with van der Waals surface area (Å²) in [5.41, 5.74) is 0. The number of nitrogens with one attached hydrogen (secondary N) is 1. The van der Waals surface area contributed by atoms with Crippen LogP contribution in [0.3, 0.4) is 0 Å². The van der Waals surface area contributed by atoms with Crippen molar-refractivity contribution in [2.24, 2.45) is 5.92 Å². The van der Waals surface area contributed by atoms with Gasteiger partial charge in [-0.25, -0.2) is 0 Å². The van der Waals surface area contributed by atoms with Crippen molar-refractivity contribution >= 4 is 0 Å².